The van der Waals surface area contributed by atoms with Crippen LogP contribution in [0, 0.1) is 5.92 Å². The van der Waals surface area contributed by atoms with Crippen LogP contribution in [0.5, 0.6) is 11.5 Å². The van der Waals surface area contributed by atoms with Gasteiger partial charge in [0.2, 0.25) is 5.91 Å². The quantitative estimate of drug-likeness (QED) is 0.838. The molecule has 1 aliphatic rings. The van der Waals surface area contributed by atoms with Crippen molar-refractivity contribution >= 4 is 5.91 Å². The maximum absolute atomic E-state index is 11.1. The molecule has 23 heavy (non-hydrogen) atoms. The van der Waals surface area contributed by atoms with Gasteiger partial charge in [0.05, 0.1) is 13.7 Å². The molecule has 0 saturated carbocycles. The van der Waals surface area contributed by atoms with Crippen LogP contribution in [0.3, 0.4) is 0 Å². The fourth-order valence-corrected chi connectivity index (χ4v) is 3.09. The smallest absolute Gasteiger partial charge is 0.216 e. The molecule has 1 heterocycles. The number of ether oxygens (including phenoxy) is 2. The van der Waals surface area contributed by atoms with Gasteiger partial charge < -0.3 is 14.8 Å². The summed E-state index contributed by atoms with van der Waals surface area (Å²) >= 11 is 0. The molecule has 0 unspecified atom stereocenters. The number of carbonyl (C=O) groups excluding carboxylic acids is 1. The van der Waals surface area contributed by atoms with Crippen LogP contribution >= 0.6 is 0 Å². The average Bonchev–Trinajstić information content (AvgIpc) is 2.55. The molecule has 1 atom stereocenters. The molecule has 0 bridgehead atoms. The Morgan fingerprint density at radius 2 is 2.22 bits per heavy atom. The van der Waals surface area contributed by atoms with Gasteiger partial charge in [-0.3, -0.25) is 9.69 Å². The third-order valence-electron chi connectivity index (χ3n) is 4.18. The van der Waals surface area contributed by atoms with Crippen LogP contribution in [0.15, 0.2) is 18.2 Å². The third kappa shape index (κ3) is 5.43. The van der Waals surface area contributed by atoms with Crippen LogP contribution in [0.4, 0.5) is 0 Å². The molecule has 0 spiro atoms. The summed E-state index contributed by atoms with van der Waals surface area (Å²) in [6, 6.07) is 6.14. The van der Waals surface area contributed by atoms with Crippen LogP contribution in [0.1, 0.15) is 32.3 Å². The molecule has 1 aromatic carbocycles. The van der Waals surface area contributed by atoms with Crippen molar-refractivity contribution in [3.8, 4) is 11.5 Å². The molecule has 1 aromatic rings. The van der Waals surface area contributed by atoms with Crippen molar-refractivity contribution in [3.63, 3.8) is 0 Å². The number of methoxy groups -OCH3 is 1. The van der Waals surface area contributed by atoms with E-state index in [0.29, 0.717) is 12.5 Å². The van der Waals surface area contributed by atoms with Crippen LogP contribution in [-0.4, -0.2) is 44.2 Å². The zero-order valence-electron chi connectivity index (χ0n) is 14.4. The first-order valence-corrected chi connectivity index (χ1v) is 8.38. The second-order valence-electron chi connectivity index (χ2n) is 6.10. The van der Waals surface area contributed by atoms with Crippen LogP contribution in [0.25, 0.3) is 0 Å². The van der Waals surface area contributed by atoms with Crippen molar-refractivity contribution in [1.29, 1.82) is 0 Å². The zero-order valence-corrected chi connectivity index (χ0v) is 14.4. The fraction of sp³-hybridized carbons (Fsp3) is 0.611. The molecule has 2 rings (SSSR count). The Labute approximate surface area is 139 Å². The molecule has 5 nitrogen and oxygen atoms in total. The summed E-state index contributed by atoms with van der Waals surface area (Å²) in [5.41, 5.74) is 1.23. The molecule has 5 heteroatoms. The van der Waals surface area contributed by atoms with Crippen molar-refractivity contribution in [3.05, 3.63) is 23.8 Å². The van der Waals surface area contributed by atoms with Crippen molar-refractivity contribution in [2.75, 3.05) is 33.4 Å². The van der Waals surface area contributed by atoms with E-state index in [1.807, 2.05) is 13.0 Å². The number of benzene rings is 1. The van der Waals surface area contributed by atoms with Crippen LogP contribution in [0.2, 0.25) is 0 Å². The highest BCUT2D eigenvalue weighted by Crippen LogP contribution is 2.29. The Hall–Kier alpha value is -1.75. The Morgan fingerprint density at radius 1 is 1.39 bits per heavy atom. The second-order valence-corrected chi connectivity index (χ2v) is 6.10. The molecule has 1 amide bonds. The molecule has 128 valence electrons. The lowest BCUT2D eigenvalue weighted by molar-refractivity contribution is -0.119. The summed E-state index contributed by atoms with van der Waals surface area (Å²) in [7, 11) is 1.67. The number of nitrogens with zero attached hydrogens (tertiary/aromatic N) is 1. The van der Waals surface area contributed by atoms with Gasteiger partial charge in [-0.15, -0.1) is 0 Å². The highest BCUT2D eigenvalue weighted by molar-refractivity contribution is 5.72. The Morgan fingerprint density at radius 3 is 2.91 bits per heavy atom. The molecule has 0 aliphatic carbocycles. The molecule has 1 saturated heterocycles. The van der Waals surface area contributed by atoms with E-state index in [1.165, 1.54) is 18.4 Å². The molecular weight excluding hydrogens is 292 g/mol. The van der Waals surface area contributed by atoms with Gasteiger partial charge in [-0.25, -0.2) is 0 Å². The van der Waals surface area contributed by atoms with Crippen molar-refractivity contribution < 1.29 is 14.3 Å². The maximum atomic E-state index is 11.1. The Bertz CT molecular complexity index is 519. The van der Waals surface area contributed by atoms with E-state index in [-0.39, 0.29) is 5.91 Å². The fourth-order valence-electron chi connectivity index (χ4n) is 3.09. The van der Waals surface area contributed by atoms with Gasteiger partial charge in [0.25, 0.3) is 0 Å². The summed E-state index contributed by atoms with van der Waals surface area (Å²) in [4.78, 5) is 13.5. The third-order valence-corrected chi connectivity index (χ3v) is 4.18. The molecule has 1 aliphatic heterocycles. The van der Waals surface area contributed by atoms with E-state index in [4.69, 9.17) is 9.47 Å². The Kier molecular flexibility index (Phi) is 6.71. The van der Waals surface area contributed by atoms with Crippen molar-refractivity contribution in [1.82, 2.24) is 10.2 Å². The SMILES string of the molecule is CCOc1ccc(CN2CCC[C@@H](CNC(C)=O)C2)cc1OC. The standard InChI is InChI=1S/C18H28N2O3/c1-4-23-17-8-7-15(10-18(17)22-3)12-20-9-5-6-16(13-20)11-19-14(2)21/h7-8,10,16H,4-6,9,11-13H2,1-3H3,(H,19,21)/t16-/m0/s1. The molecule has 0 aromatic heterocycles. The lowest BCUT2D eigenvalue weighted by Gasteiger charge is -2.32. The lowest BCUT2D eigenvalue weighted by atomic mass is 9.97. The Balaban J connectivity index is 1.94. The first kappa shape index (κ1) is 17.6. The van der Waals surface area contributed by atoms with Crippen LogP contribution < -0.4 is 14.8 Å². The van der Waals surface area contributed by atoms with Crippen LogP contribution in [-0.2, 0) is 11.3 Å². The summed E-state index contributed by atoms with van der Waals surface area (Å²) in [5, 5.41) is 2.94. The highest BCUT2D eigenvalue weighted by atomic mass is 16.5. The largest absolute Gasteiger partial charge is 0.493 e. The summed E-state index contributed by atoms with van der Waals surface area (Å²) < 4.78 is 11.0. The van der Waals surface area contributed by atoms with Gasteiger partial charge in [0.15, 0.2) is 11.5 Å². The molecule has 0 radical (unpaired) electrons. The van der Waals surface area contributed by atoms with Gasteiger partial charge in [-0.05, 0) is 49.9 Å². The van der Waals surface area contributed by atoms with Gasteiger partial charge in [-0.2, -0.15) is 0 Å². The number of hydrogen-bond acceptors (Lipinski definition) is 4. The minimum Gasteiger partial charge on any atom is -0.493 e. The van der Waals surface area contributed by atoms with E-state index < -0.39 is 0 Å². The van der Waals surface area contributed by atoms with Gasteiger partial charge >= 0.3 is 0 Å². The summed E-state index contributed by atoms with van der Waals surface area (Å²) in [5.74, 6) is 2.17. The van der Waals surface area contributed by atoms with Gasteiger partial charge in [0.1, 0.15) is 0 Å². The lowest BCUT2D eigenvalue weighted by Crippen LogP contribution is -2.40. The summed E-state index contributed by atoms with van der Waals surface area (Å²) in [6.07, 6.45) is 2.36. The highest BCUT2D eigenvalue weighted by Gasteiger charge is 2.20. The molecular formula is C18H28N2O3. The van der Waals surface area contributed by atoms with Gasteiger partial charge in [0, 0.05) is 26.6 Å². The van der Waals surface area contributed by atoms with E-state index in [0.717, 1.165) is 37.7 Å². The van der Waals surface area contributed by atoms with Crippen molar-refractivity contribution in [2.24, 2.45) is 5.92 Å². The van der Waals surface area contributed by atoms with E-state index in [9.17, 15) is 4.79 Å². The number of rotatable bonds is 7. The number of carbonyl (C=O) groups is 1. The van der Waals surface area contributed by atoms with E-state index >= 15 is 0 Å². The predicted molar refractivity (Wildman–Crippen MR) is 90.8 cm³/mol. The number of nitrogens with one attached hydrogen (secondary N) is 1. The number of likely N-dealkylation sites (tertiary alicyclic amines) is 1. The first-order valence-electron chi connectivity index (χ1n) is 8.38. The van der Waals surface area contributed by atoms with Crippen molar-refractivity contribution in [2.45, 2.75) is 33.2 Å². The maximum Gasteiger partial charge on any atom is 0.216 e. The minimum atomic E-state index is 0.0540. The van der Waals surface area contributed by atoms with Gasteiger partial charge in [-0.1, -0.05) is 6.07 Å². The molecule has 1 fully saturated rings. The predicted octanol–water partition coefficient (Wildman–Crippen LogP) is 2.44. The number of hydrogen-bond donors (Lipinski definition) is 1. The second kappa shape index (κ2) is 8.77. The number of amides is 1. The monoisotopic (exact) mass is 320 g/mol. The summed E-state index contributed by atoms with van der Waals surface area (Å²) in [6.45, 7) is 7.98. The number of piperidine rings is 1. The topological polar surface area (TPSA) is 50.8 Å². The zero-order chi connectivity index (χ0) is 16.7. The van der Waals surface area contributed by atoms with E-state index in [1.54, 1.807) is 14.0 Å². The minimum absolute atomic E-state index is 0.0540. The van der Waals surface area contributed by atoms with E-state index in [2.05, 4.69) is 22.3 Å². The normalized spacial score (nSPS) is 18.5. The average molecular weight is 320 g/mol. The first-order chi connectivity index (χ1) is 11.1. The molecule has 1 N–H and O–H groups in total.